The van der Waals surface area contributed by atoms with Crippen LogP contribution in [0.1, 0.15) is 39.5 Å². The topological polar surface area (TPSA) is 81.0 Å². The summed E-state index contributed by atoms with van der Waals surface area (Å²) in [5.74, 6) is -0.933. The first-order valence-electron chi connectivity index (χ1n) is 6.29. The highest BCUT2D eigenvalue weighted by Gasteiger charge is 2.17. The summed E-state index contributed by atoms with van der Waals surface area (Å²) in [4.78, 5) is 12.3. The quantitative estimate of drug-likeness (QED) is 0.529. The molecule has 0 saturated heterocycles. The van der Waals surface area contributed by atoms with Crippen molar-refractivity contribution in [3.8, 4) is 0 Å². The van der Waals surface area contributed by atoms with Crippen LogP contribution in [0.25, 0.3) is 0 Å². The molecule has 0 aromatic heterocycles. The van der Waals surface area contributed by atoms with E-state index in [1.165, 1.54) is 0 Å². The van der Waals surface area contributed by atoms with Crippen LogP contribution in [0.5, 0.6) is 0 Å². The van der Waals surface area contributed by atoms with Gasteiger partial charge in [0.25, 0.3) is 0 Å². The molecule has 0 aromatic carbocycles. The highest BCUT2D eigenvalue weighted by atomic mass is 16.4. The van der Waals surface area contributed by atoms with Gasteiger partial charge in [0, 0.05) is 13.1 Å². The molecule has 0 aromatic rings. The molecule has 17 heavy (non-hydrogen) atoms. The minimum Gasteiger partial charge on any atom is -0.480 e. The molecular weight excluding hydrogens is 222 g/mol. The summed E-state index contributed by atoms with van der Waals surface area (Å²) >= 11 is 0. The van der Waals surface area contributed by atoms with E-state index >= 15 is 0 Å². The lowest BCUT2D eigenvalue weighted by molar-refractivity contribution is -0.139. The van der Waals surface area contributed by atoms with Crippen LogP contribution in [0, 0.1) is 0 Å². The molecule has 2 unspecified atom stereocenters. The van der Waals surface area contributed by atoms with E-state index in [-0.39, 0.29) is 6.54 Å². The second kappa shape index (κ2) is 9.39. The Morgan fingerprint density at radius 3 is 1.76 bits per heavy atom. The summed E-state index contributed by atoms with van der Waals surface area (Å²) in [6.45, 7) is 4.41. The minimum atomic E-state index is -0.933. The molecule has 0 fully saturated rings. The smallest absolute Gasteiger partial charge is 0.317 e. The second-order valence-corrected chi connectivity index (χ2v) is 4.47. The number of aliphatic hydroxyl groups is 2. The van der Waals surface area contributed by atoms with Crippen LogP contribution in [0.15, 0.2) is 0 Å². The van der Waals surface area contributed by atoms with Crippen molar-refractivity contribution < 1.29 is 20.1 Å². The molecule has 3 N–H and O–H groups in total. The van der Waals surface area contributed by atoms with E-state index in [1.54, 1.807) is 4.90 Å². The maximum atomic E-state index is 10.7. The average Bonchev–Trinajstić information content (AvgIpc) is 2.16. The van der Waals surface area contributed by atoms with Crippen molar-refractivity contribution in [2.24, 2.45) is 0 Å². The third-order valence-corrected chi connectivity index (χ3v) is 2.54. The lowest BCUT2D eigenvalue weighted by Gasteiger charge is -2.25. The van der Waals surface area contributed by atoms with E-state index in [0.717, 1.165) is 12.8 Å². The van der Waals surface area contributed by atoms with Gasteiger partial charge in [-0.3, -0.25) is 9.69 Å². The Bertz CT molecular complexity index is 197. The molecule has 0 aliphatic heterocycles. The standard InChI is InChI=1S/C12H25NO4/c1-3-5-10(14)7-13(9-12(16)17)8-11(15)6-4-2/h10-11,14-15H,3-9H2,1-2H3,(H,16,17). The maximum absolute atomic E-state index is 10.7. The molecule has 0 saturated carbocycles. The number of aliphatic hydroxyl groups excluding tert-OH is 2. The Hall–Kier alpha value is -0.650. The van der Waals surface area contributed by atoms with Crippen molar-refractivity contribution >= 4 is 5.97 Å². The van der Waals surface area contributed by atoms with Crippen molar-refractivity contribution in [2.45, 2.75) is 51.7 Å². The van der Waals surface area contributed by atoms with Gasteiger partial charge in [-0.1, -0.05) is 26.7 Å². The Morgan fingerprint density at radius 2 is 1.47 bits per heavy atom. The van der Waals surface area contributed by atoms with Gasteiger partial charge in [-0.05, 0) is 12.8 Å². The Balaban J connectivity index is 4.17. The fourth-order valence-electron chi connectivity index (χ4n) is 1.84. The van der Waals surface area contributed by atoms with Gasteiger partial charge in [0.2, 0.25) is 0 Å². The first-order chi connectivity index (χ1) is 7.99. The van der Waals surface area contributed by atoms with Crippen LogP contribution in [0.2, 0.25) is 0 Å². The minimum absolute atomic E-state index is 0.137. The SMILES string of the molecule is CCCC(O)CN(CC(=O)O)CC(O)CCC. The highest BCUT2D eigenvalue weighted by Crippen LogP contribution is 2.04. The molecule has 0 heterocycles. The molecule has 0 rings (SSSR count). The molecule has 0 aliphatic rings. The van der Waals surface area contributed by atoms with Crippen molar-refractivity contribution in [1.29, 1.82) is 0 Å². The molecule has 5 heteroatoms. The zero-order chi connectivity index (χ0) is 13.3. The van der Waals surface area contributed by atoms with E-state index in [9.17, 15) is 15.0 Å². The van der Waals surface area contributed by atoms with Gasteiger partial charge in [0.15, 0.2) is 0 Å². The monoisotopic (exact) mass is 247 g/mol. The van der Waals surface area contributed by atoms with Crippen molar-refractivity contribution in [2.75, 3.05) is 19.6 Å². The first kappa shape index (κ1) is 16.4. The van der Waals surface area contributed by atoms with Crippen molar-refractivity contribution in [3.05, 3.63) is 0 Å². The number of carboxylic acid groups (broad SMARTS) is 1. The zero-order valence-corrected chi connectivity index (χ0v) is 10.8. The Morgan fingerprint density at radius 1 is 1.06 bits per heavy atom. The van der Waals surface area contributed by atoms with Gasteiger partial charge in [0.1, 0.15) is 0 Å². The van der Waals surface area contributed by atoms with E-state index < -0.39 is 18.2 Å². The fourth-order valence-corrected chi connectivity index (χ4v) is 1.84. The predicted octanol–water partition coefficient (Wildman–Crippen LogP) is 0.695. The third kappa shape index (κ3) is 9.09. The molecular formula is C12H25NO4. The lowest BCUT2D eigenvalue weighted by atomic mass is 10.1. The molecule has 5 nitrogen and oxygen atoms in total. The van der Waals surface area contributed by atoms with Crippen molar-refractivity contribution in [3.63, 3.8) is 0 Å². The van der Waals surface area contributed by atoms with Gasteiger partial charge in [0.05, 0.1) is 18.8 Å². The largest absolute Gasteiger partial charge is 0.480 e. The molecule has 0 radical (unpaired) electrons. The van der Waals surface area contributed by atoms with E-state index in [1.807, 2.05) is 13.8 Å². The number of aliphatic carboxylic acids is 1. The van der Waals surface area contributed by atoms with Gasteiger partial charge >= 0.3 is 5.97 Å². The summed E-state index contributed by atoms with van der Waals surface area (Å²) in [6.07, 6.45) is 1.99. The average molecular weight is 247 g/mol. The second-order valence-electron chi connectivity index (χ2n) is 4.47. The summed E-state index contributed by atoms with van der Waals surface area (Å²) in [5.41, 5.74) is 0. The van der Waals surface area contributed by atoms with Crippen LogP contribution in [0.4, 0.5) is 0 Å². The molecule has 0 bridgehead atoms. The van der Waals surface area contributed by atoms with Crippen LogP contribution >= 0.6 is 0 Å². The zero-order valence-electron chi connectivity index (χ0n) is 10.8. The third-order valence-electron chi connectivity index (χ3n) is 2.54. The van der Waals surface area contributed by atoms with E-state index in [2.05, 4.69) is 0 Å². The summed E-state index contributed by atoms with van der Waals surface area (Å²) < 4.78 is 0. The predicted molar refractivity (Wildman–Crippen MR) is 65.9 cm³/mol. The summed E-state index contributed by atoms with van der Waals surface area (Å²) in [5, 5.41) is 28.1. The van der Waals surface area contributed by atoms with E-state index in [4.69, 9.17) is 5.11 Å². The summed E-state index contributed by atoms with van der Waals surface area (Å²) in [6, 6.07) is 0. The number of rotatable bonds is 10. The Labute approximate surface area is 103 Å². The number of carbonyl (C=O) groups is 1. The van der Waals surface area contributed by atoms with Crippen molar-refractivity contribution in [1.82, 2.24) is 4.90 Å². The van der Waals surface area contributed by atoms with Gasteiger partial charge < -0.3 is 15.3 Å². The van der Waals surface area contributed by atoms with Crippen LogP contribution in [-0.2, 0) is 4.79 Å². The van der Waals surface area contributed by atoms with Gasteiger partial charge in [-0.2, -0.15) is 0 Å². The molecule has 0 spiro atoms. The molecule has 102 valence electrons. The number of nitrogens with zero attached hydrogens (tertiary/aromatic N) is 1. The van der Waals surface area contributed by atoms with Gasteiger partial charge in [-0.25, -0.2) is 0 Å². The number of hydrogen-bond acceptors (Lipinski definition) is 4. The van der Waals surface area contributed by atoms with E-state index in [0.29, 0.717) is 25.9 Å². The maximum Gasteiger partial charge on any atom is 0.317 e. The highest BCUT2D eigenvalue weighted by molar-refractivity contribution is 5.69. The molecule has 0 amide bonds. The molecule has 2 atom stereocenters. The van der Waals surface area contributed by atoms with Crippen LogP contribution < -0.4 is 0 Å². The Kier molecular flexibility index (Phi) is 9.03. The normalized spacial score (nSPS) is 14.9. The number of hydrogen-bond donors (Lipinski definition) is 3. The fraction of sp³-hybridized carbons (Fsp3) is 0.917. The van der Waals surface area contributed by atoms with Crippen LogP contribution in [-0.4, -0.2) is 58.0 Å². The lowest BCUT2D eigenvalue weighted by Crippen LogP contribution is -2.41. The van der Waals surface area contributed by atoms with Gasteiger partial charge in [-0.15, -0.1) is 0 Å². The molecule has 0 aliphatic carbocycles. The number of carboxylic acids is 1. The van der Waals surface area contributed by atoms with Crippen LogP contribution in [0.3, 0.4) is 0 Å². The summed E-state index contributed by atoms with van der Waals surface area (Å²) in [7, 11) is 0. The first-order valence-corrected chi connectivity index (χ1v) is 6.29.